The second-order valence-corrected chi connectivity index (χ2v) is 5.05. The molecule has 1 saturated heterocycles. The van der Waals surface area contributed by atoms with Gasteiger partial charge in [0.1, 0.15) is 0 Å². The van der Waals surface area contributed by atoms with Gasteiger partial charge in [0.15, 0.2) is 0 Å². The summed E-state index contributed by atoms with van der Waals surface area (Å²) in [5, 5.41) is 7.49. The van der Waals surface area contributed by atoms with E-state index in [4.69, 9.17) is 15.9 Å². The van der Waals surface area contributed by atoms with Crippen molar-refractivity contribution < 1.29 is 4.74 Å². The average Bonchev–Trinajstić information content (AvgIpc) is 2.66. The maximum absolute atomic E-state index is 7.49. The highest BCUT2D eigenvalue weighted by Crippen LogP contribution is 2.21. The Balaban J connectivity index is 2.32. The molecule has 0 aromatic heterocycles. The van der Waals surface area contributed by atoms with Crippen molar-refractivity contribution >= 4 is 5.84 Å². The maximum Gasteiger partial charge on any atom is 0.0963 e. The van der Waals surface area contributed by atoms with E-state index in [2.05, 4.69) is 11.9 Å². The zero-order valence-corrected chi connectivity index (χ0v) is 10.0. The zero-order valence-electron chi connectivity index (χ0n) is 10.0. The molecule has 1 fully saturated rings. The molecule has 1 heterocycles. The standard InChI is InChI=1S/C11H23N3O/c1-11(2,10(12)13)5-6-14(3)9-4-7-15-8-9/h9H,4-8H2,1-3H3,(H3,12,13). The highest BCUT2D eigenvalue weighted by atomic mass is 16.5. The van der Waals surface area contributed by atoms with Crippen LogP contribution in [0.4, 0.5) is 0 Å². The molecule has 0 radical (unpaired) electrons. The molecule has 1 atom stereocenters. The molecule has 4 heteroatoms. The van der Waals surface area contributed by atoms with Gasteiger partial charge in [0, 0.05) is 18.1 Å². The lowest BCUT2D eigenvalue weighted by Crippen LogP contribution is -2.38. The van der Waals surface area contributed by atoms with E-state index in [0.717, 1.165) is 32.6 Å². The van der Waals surface area contributed by atoms with Gasteiger partial charge >= 0.3 is 0 Å². The first-order valence-corrected chi connectivity index (χ1v) is 5.56. The number of nitrogens with one attached hydrogen (secondary N) is 1. The van der Waals surface area contributed by atoms with Crippen LogP contribution in [0.15, 0.2) is 0 Å². The van der Waals surface area contributed by atoms with Crippen LogP contribution in [-0.4, -0.2) is 43.6 Å². The molecule has 0 aromatic carbocycles. The fourth-order valence-electron chi connectivity index (χ4n) is 1.64. The molecule has 1 aliphatic heterocycles. The van der Waals surface area contributed by atoms with Gasteiger partial charge in [-0.05, 0) is 26.4 Å². The SMILES string of the molecule is CN(CCC(C)(C)C(=N)N)C1CCOC1. The minimum Gasteiger partial charge on any atom is -0.387 e. The fraction of sp³-hybridized carbons (Fsp3) is 0.909. The Morgan fingerprint density at radius 1 is 1.60 bits per heavy atom. The largest absolute Gasteiger partial charge is 0.387 e. The molecule has 0 aromatic rings. The summed E-state index contributed by atoms with van der Waals surface area (Å²) in [6, 6.07) is 0.549. The molecule has 4 nitrogen and oxygen atoms in total. The van der Waals surface area contributed by atoms with Crippen LogP contribution in [0.25, 0.3) is 0 Å². The highest BCUT2D eigenvalue weighted by molar-refractivity contribution is 5.82. The van der Waals surface area contributed by atoms with Crippen molar-refractivity contribution in [2.45, 2.75) is 32.7 Å². The Bertz CT molecular complexity index is 222. The minimum absolute atomic E-state index is 0.187. The molecule has 3 N–H and O–H groups in total. The molecule has 1 unspecified atom stereocenters. The van der Waals surface area contributed by atoms with Crippen LogP contribution < -0.4 is 5.73 Å². The minimum atomic E-state index is -0.187. The number of likely N-dealkylation sites (N-methyl/N-ethyl adjacent to an activating group) is 1. The first kappa shape index (κ1) is 12.5. The third kappa shape index (κ3) is 3.47. The van der Waals surface area contributed by atoms with Crippen molar-refractivity contribution in [2.75, 3.05) is 26.8 Å². The molecule has 0 saturated carbocycles. The summed E-state index contributed by atoms with van der Waals surface area (Å²) in [4.78, 5) is 2.32. The fourth-order valence-corrected chi connectivity index (χ4v) is 1.64. The molecule has 0 bridgehead atoms. The van der Waals surface area contributed by atoms with Crippen LogP contribution >= 0.6 is 0 Å². The van der Waals surface area contributed by atoms with E-state index in [-0.39, 0.29) is 11.3 Å². The summed E-state index contributed by atoms with van der Waals surface area (Å²) in [7, 11) is 2.12. The molecule has 0 spiro atoms. The third-order valence-corrected chi connectivity index (χ3v) is 3.35. The Labute approximate surface area is 92.3 Å². The monoisotopic (exact) mass is 213 g/mol. The summed E-state index contributed by atoms with van der Waals surface area (Å²) in [6.07, 6.45) is 2.05. The predicted molar refractivity (Wildman–Crippen MR) is 62.2 cm³/mol. The van der Waals surface area contributed by atoms with Gasteiger partial charge in [-0.25, -0.2) is 0 Å². The van der Waals surface area contributed by atoms with Gasteiger partial charge in [-0.2, -0.15) is 0 Å². The number of amidine groups is 1. The van der Waals surface area contributed by atoms with Gasteiger partial charge < -0.3 is 15.4 Å². The molecule has 0 amide bonds. The van der Waals surface area contributed by atoms with E-state index in [1.807, 2.05) is 13.8 Å². The topological polar surface area (TPSA) is 62.3 Å². The number of nitrogens with zero attached hydrogens (tertiary/aromatic N) is 1. The zero-order chi connectivity index (χ0) is 11.5. The molecule has 1 aliphatic rings. The maximum atomic E-state index is 7.49. The molecular weight excluding hydrogens is 190 g/mol. The van der Waals surface area contributed by atoms with Crippen molar-refractivity contribution in [1.29, 1.82) is 5.41 Å². The second kappa shape index (κ2) is 4.94. The van der Waals surface area contributed by atoms with E-state index >= 15 is 0 Å². The van der Waals surface area contributed by atoms with Crippen LogP contribution in [0.1, 0.15) is 26.7 Å². The van der Waals surface area contributed by atoms with Crippen LogP contribution in [0.5, 0.6) is 0 Å². The van der Waals surface area contributed by atoms with E-state index in [1.54, 1.807) is 0 Å². The lowest BCUT2D eigenvalue weighted by Gasteiger charge is -2.28. The van der Waals surface area contributed by atoms with Gasteiger partial charge in [-0.1, -0.05) is 13.8 Å². The Hall–Kier alpha value is -0.610. The third-order valence-electron chi connectivity index (χ3n) is 3.35. The van der Waals surface area contributed by atoms with Gasteiger partial charge in [-0.3, -0.25) is 5.41 Å². The predicted octanol–water partition coefficient (Wildman–Crippen LogP) is 1.06. The molecular formula is C11H23N3O. The Morgan fingerprint density at radius 3 is 2.73 bits per heavy atom. The second-order valence-electron chi connectivity index (χ2n) is 5.05. The first-order chi connectivity index (χ1) is 6.93. The number of nitrogens with two attached hydrogens (primary N) is 1. The summed E-state index contributed by atoms with van der Waals surface area (Å²) in [5.74, 6) is 0.276. The van der Waals surface area contributed by atoms with Crippen LogP contribution in [0.2, 0.25) is 0 Å². The van der Waals surface area contributed by atoms with Crippen molar-refractivity contribution in [3.8, 4) is 0 Å². The van der Waals surface area contributed by atoms with Crippen LogP contribution in [0.3, 0.4) is 0 Å². The molecule has 88 valence electrons. The molecule has 0 aliphatic carbocycles. The number of rotatable bonds is 5. The lowest BCUT2D eigenvalue weighted by atomic mass is 9.88. The Morgan fingerprint density at radius 2 is 2.27 bits per heavy atom. The van der Waals surface area contributed by atoms with Gasteiger partial charge in [0.25, 0.3) is 0 Å². The van der Waals surface area contributed by atoms with Crippen LogP contribution in [0, 0.1) is 10.8 Å². The quantitative estimate of drug-likeness (QED) is 0.530. The van der Waals surface area contributed by atoms with E-state index < -0.39 is 0 Å². The van der Waals surface area contributed by atoms with E-state index in [9.17, 15) is 0 Å². The normalized spacial score (nSPS) is 22.3. The molecule has 1 rings (SSSR count). The Kier molecular flexibility index (Phi) is 4.11. The van der Waals surface area contributed by atoms with Crippen LogP contribution in [-0.2, 0) is 4.74 Å². The lowest BCUT2D eigenvalue weighted by molar-refractivity contribution is 0.154. The van der Waals surface area contributed by atoms with E-state index in [1.165, 1.54) is 0 Å². The van der Waals surface area contributed by atoms with Crippen molar-refractivity contribution in [3.63, 3.8) is 0 Å². The molecule has 15 heavy (non-hydrogen) atoms. The summed E-state index contributed by atoms with van der Waals surface area (Å²) < 4.78 is 5.35. The summed E-state index contributed by atoms with van der Waals surface area (Å²) in [6.45, 7) is 6.74. The highest BCUT2D eigenvalue weighted by Gasteiger charge is 2.25. The van der Waals surface area contributed by atoms with Gasteiger partial charge in [-0.15, -0.1) is 0 Å². The summed E-state index contributed by atoms with van der Waals surface area (Å²) >= 11 is 0. The summed E-state index contributed by atoms with van der Waals surface area (Å²) in [5.41, 5.74) is 5.36. The van der Waals surface area contributed by atoms with Crippen molar-refractivity contribution in [2.24, 2.45) is 11.1 Å². The van der Waals surface area contributed by atoms with Crippen molar-refractivity contribution in [1.82, 2.24) is 4.90 Å². The van der Waals surface area contributed by atoms with Gasteiger partial charge in [0.05, 0.1) is 12.4 Å². The number of hydrogen-bond donors (Lipinski definition) is 2. The first-order valence-electron chi connectivity index (χ1n) is 5.56. The van der Waals surface area contributed by atoms with E-state index in [0.29, 0.717) is 6.04 Å². The average molecular weight is 213 g/mol. The van der Waals surface area contributed by atoms with Gasteiger partial charge in [0.2, 0.25) is 0 Å². The van der Waals surface area contributed by atoms with Crippen molar-refractivity contribution in [3.05, 3.63) is 0 Å². The number of hydrogen-bond acceptors (Lipinski definition) is 3. The smallest absolute Gasteiger partial charge is 0.0963 e. The number of ether oxygens (including phenoxy) is 1.